The highest BCUT2D eigenvalue weighted by atomic mass is 16.5. The predicted octanol–water partition coefficient (Wildman–Crippen LogP) is 5.39. The number of anilines is 1. The summed E-state index contributed by atoms with van der Waals surface area (Å²) in [6.45, 7) is 0. The van der Waals surface area contributed by atoms with Gasteiger partial charge in [0.2, 0.25) is 6.10 Å². The lowest BCUT2D eigenvalue weighted by atomic mass is 9.88. The Hall–Kier alpha value is -3.99. The quantitative estimate of drug-likeness (QED) is 0.389. The molecular weight excluding hydrogens is 402 g/mol. The van der Waals surface area contributed by atoms with E-state index in [-0.39, 0.29) is 11.9 Å². The van der Waals surface area contributed by atoms with Gasteiger partial charge in [0.25, 0.3) is 5.91 Å². The lowest BCUT2D eigenvalue weighted by Crippen LogP contribution is -2.61. The second-order valence-corrected chi connectivity index (χ2v) is 7.61. The van der Waals surface area contributed by atoms with E-state index in [2.05, 4.69) is 0 Å². The van der Waals surface area contributed by atoms with Crippen LogP contribution < -0.4 is 19.1 Å². The molecule has 1 amide bonds. The van der Waals surface area contributed by atoms with Gasteiger partial charge in [-0.15, -0.1) is 0 Å². The molecule has 5 nitrogen and oxygen atoms in total. The second kappa shape index (κ2) is 8.27. The lowest BCUT2D eigenvalue weighted by Gasteiger charge is -2.47. The van der Waals surface area contributed by atoms with Gasteiger partial charge in [-0.05, 0) is 42.0 Å². The first kappa shape index (κ1) is 19.9. The van der Waals surface area contributed by atoms with Crippen LogP contribution in [-0.4, -0.2) is 26.2 Å². The summed E-state index contributed by atoms with van der Waals surface area (Å²) >= 11 is 0. The van der Waals surface area contributed by atoms with Crippen molar-refractivity contribution in [3.63, 3.8) is 0 Å². The zero-order chi connectivity index (χ0) is 22.1. The van der Waals surface area contributed by atoms with Gasteiger partial charge < -0.3 is 14.2 Å². The van der Waals surface area contributed by atoms with Gasteiger partial charge in [-0.25, -0.2) is 0 Å². The summed E-state index contributed by atoms with van der Waals surface area (Å²) in [6.07, 6.45) is -0.619. The van der Waals surface area contributed by atoms with E-state index in [1.165, 1.54) is 0 Å². The molecule has 0 saturated carbocycles. The summed E-state index contributed by atoms with van der Waals surface area (Å²) in [5.74, 6) is 2.13. The number of β-lactam (4-membered cyclic amide) rings is 1. The fraction of sp³-hybridized carbons (Fsp3) is 0.148. The lowest BCUT2D eigenvalue weighted by molar-refractivity contribution is -0.135. The number of rotatable bonds is 6. The Labute approximate surface area is 186 Å². The van der Waals surface area contributed by atoms with Crippen LogP contribution in [-0.2, 0) is 4.79 Å². The van der Waals surface area contributed by atoms with Gasteiger partial charge in [0.05, 0.1) is 19.9 Å². The van der Waals surface area contributed by atoms with E-state index < -0.39 is 6.10 Å². The largest absolute Gasteiger partial charge is 0.497 e. The zero-order valence-corrected chi connectivity index (χ0v) is 17.9. The highest BCUT2D eigenvalue weighted by Gasteiger charge is 2.51. The summed E-state index contributed by atoms with van der Waals surface area (Å²) < 4.78 is 17.0. The zero-order valence-electron chi connectivity index (χ0n) is 17.9. The maximum atomic E-state index is 13.4. The molecule has 5 heteroatoms. The number of hydrogen-bond donors (Lipinski definition) is 0. The third kappa shape index (κ3) is 3.32. The van der Waals surface area contributed by atoms with Crippen LogP contribution in [0.5, 0.6) is 17.2 Å². The Balaban J connectivity index is 1.59. The van der Waals surface area contributed by atoms with E-state index in [0.29, 0.717) is 5.75 Å². The third-order valence-electron chi connectivity index (χ3n) is 5.85. The molecule has 1 aliphatic rings. The molecule has 0 unspecified atom stereocenters. The molecule has 5 rings (SSSR count). The number of benzene rings is 4. The normalized spacial score (nSPS) is 17.7. The smallest absolute Gasteiger partial charge is 0.271 e. The van der Waals surface area contributed by atoms with Crippen LogP contribution in [0.2, 0.25) is 0 Å². The summed E-state index contributed by atoms with van der Waals surface area (Å²) in [6, 6.07) is 28.7. The summed E-state index contributed by atoms with van der Waals surface area (Å²) in [5, 5.41) is 1.91. The number of ether oxygens (including phenoxy) is 3. The molecule has 1 fully saturated rings. The van der Waals surface area contributed by atoms with Crippen molar-refractivity contribution in [1.29, 1.82) is 0 Å². The minimum Gasteiger partial charge on any atom is -0.497 e. The van der Waals surface area contributed by atoms with E-state index in [0.717, 1.165) is 33.5 Å². The van der Waals surface area contributed by atoms with Gasteiger partial charge in [-0.1, -0.05) is 54.6 Å². The van der Waals surface area contributed by atoms with Gasteiger partial charge in [-0.3, -0.25) is 9.69 Å². The molecule has 0 spiro atoms. The van der Waals surface area contributed by atoms with Crippen LogP contribution in [0.25, 0.3) is 10.8 Å². The van der Waals surface area contributed by atoms with Crippen molar-refractivity contribution in [2.24, 2.45) is 0 Å². The Bertz CT molecular complexity index is 1250. The Kier molecular flexibility index (Phi) is 5.15. The van der Waals surface area contributed by atoms with E-state index in [1.807, 2.05) is 95.9 Å². The van der Waals surface area contributed by atoms with Gasteiger partial charge in [0, 0.05) is 10.8 Å². The first-order chi connectivity index (χ1) is 15.7. The van der Waals surface area contributed by atoms with Gasteiger partial charge in [-0.2, -0.15) is 0 Å². The van der Waals surface area contributed by atoms with Gasteiger partial charge in [0.15, 0.2) is 0 Å². The van der Waals surface area contributed by atoms with E-state index in [1.54, 1.807) is 14.2 Å². The second-order valence-electron chi connectivity index (χ2n) is 7.61. The van der Waals surface area contributed by atoms with Crippen LogP contribution in [0.15, 0.2) is 91.0 Å². The monoisotopic (exact) mass is 425 g/mol. The minimum absolute atomic E-state index is 0.0787. The number of fused-ring (bicyclic) bond motifs is 1. The molecule has 1 saturated heterocycles. The van der Waals surface area contributed by atoms with Crippen LogP contribution in [0, 0.1) is 0 Å². The molecule has 2 atom stereocenters. The Morgan fingerprint density at radius 1 is 0.688 bits per heavy atom. The molecule has 0 bridgehead atoms. The molecule has 4 aromatic rings. The number of amides is 1. The maximum Gasteiger partial charge on any atom is 0.271 e. The highest BCUT2D eigenvalue weighted by molar-refractivity contribution is 6.12. The van der Waals surface area contributed by atoms with Crippen molar-refractivity contribution in [2.75, 3.05) is 19.1 Å². The molecule has 0 N–H and O–H groups in total. The van der Waals surface area contributed by atoms with Crippen molar-refractivity contribution in [3.8, 4) is 17.2 Å². The number of carbonyl (C=O) groups is 1. The van der Waals surface area contributed by atoms with Crippen LogP contribution >= 0.6 is 0 Å². The van der Waals surface area contributed by atoms with Gasteiger partial charge >= 0.3 is 0 Å². The minimum atomic E-state index is -0.619. The molecule has 0 radical (unpaired) electrons. The van der Waals surface area contributed by atoms with Crippen LogP contribution in [0.1, 0.15) is 11.6 Å². The number of nitrogens with zero attached hydrogens (tertiary/aromatic N) is 1. The number of hydrogen-bond acceptors (Lipinski definition) is 4. The molecule has 160 valence electrons. The topological polar surface area (TPSA) is 48.0 Å². The predicted molar refractivity (Wildman–Crippen MR) is 125 cm³/mol. The number of methoxy groups -OCH3 is 2. The fourth-order valence-corrected chi connectivity index (χ4v) is 4.26. The first-order valence-electron chi connectivity index (χ1n) is 10.5. The average Bonchev–Trinajstić information content (AvgIpc) is 2.86. The average molecular weight is 425 g/mol. The van der Waals surface area contributed by atoms with Crippen molar-refractivity contribution in [1.82, 2.24) is 0 Å². The summed E-state index contributed by atoms with van der Waals surface area (Å²) in [4.78, 5) is 15.2. The molecular formula is C27H23NO4. The molecule has 32 heavy (non-hydrogen) atoms. The fourth-order valence-electron chi connectivity index (χ4n) is 4.26. The van der Waals surface area contributed by atoms with Crippen molar-refractivity contribution in [2.45, 2.75) is 12.1 Å². The van der Waals surface area contributed by atoms with Crippen LogP contribution in [0.4, 0.5) is 5.69 Å². The maximum absolute atomic E-state index is 13.4. The first-order valence-corrected chi connectivity index (χ1v) is 10.5. The molecule has 0 aliphatic carbocycles. The van der Waals surface area contributed by atoms with Gasteiger partial charge in [0.1, 0.15) is 23.3 Å². The number of para-hydroxylation sites is 1. The highest BCUT2D eigenvalue weighted by Crippen LogP contribution is 2.45. The third-order valence-corrected chi connectivity index (χ3v) is 5.85. The summed E-state index contributed by atoms with van der Waals surface area (Å²) in [7, 11) is 3.29. The van der Waals surface area contributed by atoms with E-state index in [4.69, 9.17) is 14.2 Å². The summed E-state index contributed by atoms with van der Waals surface area (Å²) in [5.41, 5.74) is 1.81. The van der Waals surface area contributed by atoms with Crippen LogP contribution in [0.3, 0.4) is 0 Å². The molecule has 1 aliphatic heterocycles. The Morgan fingerprint density at radius 3 is 2.06 bits per heavy atom. The molecule has 0 aromatic heterocycles. The van der Waals surface area contributed by atoms with Crippen molar-refractivity contribution in [3.05, 3.63) is 96.6 Å². The molecule has 4 aromatic carbocycles. The number of carbonyl (C=O) groups excluding carboxylic acids is 1. The van der Waals surface area contributed by atoms with Crippen molar-refractivity contribution >= 4 is 22.4 Å². The van der Waals surface area contributed by atoms with E-state index in [9.17, 15) is 4.79 Å². The SMILES string of the molecule is COc1ccc([C@@H]2[C@H](Oc3ccccc3)C(=O)N2c2ccc(OC)c3ccccc23)cc1. The van der Waals surface area contributed by atoms with Crippen molar-refractivity contribution < 1.29 is 19.0 Å². The Morgan fingerprint density at radius 2 is 1.38 bits per heavy atom. The molecule has 1 heterocycles. The standard InChI is InChI=1S/C27H23NO4/c1-30-19-14-12-18(13-15-19)25-26(32-20-8-4-3-5-9-20)27(29)28(25)23-16-17-24(31-2)22-11-7-6-10-21(22)23/h3-17,25-26H,1-2H3/t25-,26+/m1/s1. The van der Waals surface area contributed by atoms with E-state index >= 15 is 0 Å².